The van der Waals surface area contributed by atoms with E-state index in [2.05, 4.69) is 20.3 Å². The van der Waals surface area contributed by atoms with Crippen molar-refractivity contribution in [1.82, 2.24) is 15.0 Å². The van der Waals surface area contributed by atoms with E-state index < -0.39 is 36.1 Å². The summed E-state index contributed by atoms with van der Waals surface area (Å²) >= 11 is 0. The molecule has 0 fully saturated rings. The van der Waals surface area contributed by atoms with E-state index in [4.69, 9.17) is 0 Å². The van der Waals surface area contributed by atoms with Crippen molar-refractivity contribution >= 4 is 29.3 Å². The largest absolute Gasteiger partial charge is 0.384 e. The molecule has 3 aromatic rings. The molecule has 0 unspecified atom stereocenters. The third-order valence-corrected chi connectivity index (χ3v) is 9.32. The first kappa shape index (κ1) is 26.1. The first-order chi connectivity index (χ1) is 15.7. The highest BCUT2D eigenvalue weighted by atomic mass is 31.2. The highest BCUT2D eigenvalue weighted by Crippen LogP contribution is 2.44. The van der Waals surface area contributed by atoms with Gasteiger partial charge in [0.15, 0.2) is 5.65 Å². The number of anilines is 1. The van der Waals surface area contributed by atoms with Crippen LogP contribution in [0.15, 0.2) is 30.5 Å². The second-order valence-corrected chi connectivity index (χ2v) is 12.5. The molecule has 2 N–H and O–H groups in total. The van der Waals surface area contributed by atoms with Gasteiger partial charge < -0.3 is 15.0 Å². The maximum Gasteiger partial charge on any atom is 0.303 e. The van der Waals surface area contributed by atoms with E-state index in [1.165, 1.54) is 12.1 Å². The van der Waals surface area contributed by atoms with Gasteiger partial charge in [0.1, 0.15) is 30.2 Å². The number of alkyl halides is 2. The lowest BCUT2D eigenvalue weighted by atomic mass is 9.91. The lowest BCUT2D eigenvalue weighted by Crippen LogP contribution is -2.41. The van der Waals surface area contributed by atoms with Crippen LogP contribution in [0.5, 0.6) is 0 Å². The molecule has 2 aromatic heterocycles. The van der Waals surface area contributed by atoms with Gasteiger partial charge in [-0.3, -0.25) is 0 Å². The van der Waals surface area contributed by atoms with Crippen molar-refractivity contribution in [2.24, 2.45) is 0 Å². The monoisotopic (exact) mass is 494 g/mol. The number of aromatic nitrogens is 3. The Morgan fingerprint density at radius 2 is 1.82 bits per heavy atom. The van der Waals surface area contributed by atoms with Gasteiger partial charge >= 0.3 is 5.92 Å². The van der Waals surface area contributed by atoms with Gasteiger partial charge in [-0.05, 0) is 39.8 Å². The number of nitrogens with one attached hydrogen (secondary N) is 1. The Kier molecular flexibility index (Phi) is 7.11. The first-order valence-corrected chi connectivity index (χ1v) is 13.2. The van der Waals surface area contributed by atoms with E-state index in [1.54, 1.807) is 26.1 Å². The first-order valence-electron chi connectivity index (χ1n) is 11.1. The molecule has 10 heteroatoms. The zero-order chi connectivity index (χ0) is 25.5. The Morgan fingerprint density at radius 3 is 2.41 bits per heavy atom. The minimum Gasteiger partial charge on any atom is -0.384 e. The number of halogens is 3. The molecule has 3 rings (SSSR count). The van der Waals surface area contributed by atoms with Crippen LogP contribution in [0.3, 0.4) is 0 Å². The molecule has 0 aliphatic heterocycles. The van der Waals surface area contributed by atoms with Crippen LogP contribution >= 0.6 is 7.14 Å². The van der Waals surface area contributed by atoms with Gasteiger partial charge in [-0.2, -0.15) is 8.78 Å². The second-order valence-electron chi connectivity index (χ2n) is 8.91. The number of aliphatic hydroxyl groups is 1. The maximum absolute atomic E-state index is 15.2. The fourth-order valence-corrected chi connectivity index (χ4v) is 5.58. The van der Waals surface area contributed by atoms with E-state index in [-0.39, 0.29) is 5.56 Å². The summed E-state index contributed by atoms with van der Waals surface area (Å²) in [6.45, 7) is 8.90. The van der Waals surface area contributed by atoms with Crippen LogP contribution in [0.1, 0.15) is 57.6 Å². The van der Waals surface area contributed by atoms with Crippen molar-refractivity contribution in [3.8, 4) is 0 Å². The van der Waals surface area contributed by atoms with Crippen LogP contribution in [0, 0.1) is 12.7 Å². The molecule has 34 heavy (non-hydrogen) atoms. The van der Waals surface area contributed by atoms with Gasteiger partial charge in [-0.25, -0.2) is 19.3 Å². The summed E-state index contributed by atoms with van der Waals surface area (Å²) in [5.74, 6) is -4.16. The highest BCUT2D eigenvalue weighted by molar-refractivity contribution is 7.71. The van der Waals surface area contributed by atoms with Gasteiger partial charge in [0.05, 0.1) is 17.0 Å². The summed E-state index contributed by atoms with van der Waals surface area (Å²) < 4.78 is 57.9. The topological polar surface area (TPSA) is 88.0 Å². The van der Waals surface area contributed by atoms with Crippen molar-refractivity contribution in [3.63, 3.8) is 0 Å². The Bertz CT molecular complexity index is 1250. The average molecular weight is 494 g/mol. The molecule has 2 heterocycles. The minimum atomic E-state index is -3.80. The molecule has 0 aliphatic rings. The van der Waals surface area contributed by atoms with E-state index in [9.17, 15) is 18.5 Å². The Morgan fingerprint density at radius 1 is 1.18 bits per heavy atom. The van der Waals surface area contributed by atoms with E-state index in [1.807, 2.05) is 13.8 Å². The van der Waals surface area contributed by atoms with Gasteiger partial charge in [0, 0.05) is 29.4 Å². The summed E-state index contributed by atoms with van der Waals surface area (Å²) in [6, 6.07) is 4.67. The number of fused-ring (bicyclic) bond motifs is 1. The van der Waals surface area contributed by atoms with Gasteiger partial charge in [-0.15, -0.1) is 0 Å². The molecule has 0 saturated heterocycles. The van der Waals surface area contributed by atoms with Gasteiger partial charge in [-0.1, -0.05) is 26.0 Å². The maximum atomic E-state index is 15.2. The zero-order valence-corrected chi connectivity index (χ0v) is 21.1. The molecular weight excluding hydrogens is 464 g/mol. The number of benzene rings is 1. The van der Waals surface area contributed by atoms with Gasteiger partial charge in [0.25, 0.3) is 0 Å². The van der Waals surface area contributed by atoms with Crippen molar-refractivity contribution in [3.05, 3.63) is 53.2 Å². The Hall–Kier alpha value is -2.51. The van der Waals surface area contributed by atoms with Crippen LogP contribution in [-0.4, -0.2) is 38.0 Å². The third kappa shape index (κ3) is 4.68. The average Bonchev–Trinajstić information content (AvgIpc) is 2.77. The predicted octanol–water partition coefficient (Wildman–Crippen LogP) is 5.54. The molecule has 0 amide bonds. The minimum absolute atomic E-state index is 0.0113. The molecule has 0 radical (unpaired) electrons. The fourth-order valence-electron chi connectivity index (χ4n) is 3.77. The number of hydrogen-bond donors (Lipinski definition) is 2. The lowest BCUT2D eigenvalue weighted by molar-refractivity contribution is -0.170. The molecule has 1 aromatic carbocycles. The van der Waals surface area contributed by atoms with Crippen LogP contribution in [0.2, 0.25) is 0 Å². The SMILES string of the molecule is CCP(=O)(CC)c1cnc2nc(C)nc(N[C@H](C)c3cccc(C(F)(F)C(C)(C)O)c3F)c2c1. The van der Waals surface area contributed by atoms with Crippen molar-refractivity contribution in [2.45, 2.75) is 59.1 Å². The summed E-state index contributed by atoms with van der Waals surface area (Å²) in [7, 11) is -2.62. The number of aryl methyl sites for hydroxylation is 1. The van der Waals surface area contributed by atoms with Crippen LogP contribution in [0.25, 0.3) is 11.0 Å². The van der Waals surface area contributed by atoms with E-state index >= 15 is 4.39 Å². The number of hydrogen-bond acceptors (Lipinski definition) is 6. The molecule has 0 saturated carbocycles. The molecule has 1 atom stereocenters. The number of rotatable bonds is 8. The molecule has 0 aliphatic carbocycles. The van der Waals surface area contributed by atoms with Gasteiger partial charge in [0.2, 0.25) is 0 Å². The predicted molar refractivity (Wildman–Crippen MR) is 129 cm³/mol. The number of nitrogens with zero attached hydrogens (tertiary/aromatic N) is 3. The molecule has 184 valence electrons. The van der Waals surface area contributed by atoms with Crippen molar-refractivity contribution < 1.29 is 22.8 Å². The summed E-state index contributed by atoms with van der Waals surface area (Å²) in [6.07, 6.45) is 2.53. The Labute approximate surface area is 197 Å². The van der Waals surface area contributed by atoms with Crippen LogP contribution in [-0.2, 0) is 10.5 Å². The molecule has 0 spiro atoms. The second kappa shape index (κ2) is 9.27. The third-order valence-electron chi connectivity index (χ3n) is 6.10. The normalized spacial score (nSPS) is 13.8. The van der Waals surface area contributed by atoms with E-state index in [0.717, 1.165) is 19.9 Å². The zero-order valence-electron chi connectivity index (χ0n) is 20.2. The van der Waals surface area contributed by atoms with Crippen LogP contribution in [0.4, 0.5) is 19.0 Å². The Balaban J connectivity index is 2.08. The molecular formula is C24H30F3N4O2P. The smallest absolute Gasteiger partial charge is 0.303 e. The molecule has 0 bridgehead atoms. The fraction of sp³-hybridized carbons (Fsp3) is 0.458. The molecule has 6 nitrogen and oxygen atoms in total. The quantitative estimate of drug-likeness (QED) is 0.400. The summed E-state index contributed by atoms with van der Waals surface area (Å²) in [5, 5.41) is 14.1. The lowest BCUT2D eigenvalue weighted by Gasteiger charge is -2.30. The standard InChI is InChI=1S/C24H30F3N4O2P/c1-7-34(33,8-2)16-12-18-21(28-13-16)30-15(4)31-22(18)29-14(3)17-10-9-11-19(20(17)25)24(26,27)23(5,6)32/h9-14,32H,7-8H2,1-6H3,(H,28,29,30,31)/t14-/m1/s1. The highest BCUT2D eigenvalue weighted by Gasteiger charge is 2.49. The summed E-state index contributed by atoms with van der Waals surface area (Å²) in [5.41, 5.74) is -2.96. The number of pyridine rings is 1. The van der Waals surface area contributed by atoms with Crippen molar-refractivity contribution in [1.29, 1.82) is 0 Å². The van der Waals surface area contributed by atoms with E-state index in [0.29, 0.717) is 40.3 Å². The van der Waals surface area contributed by atoms with Crippen LogP contribution < -0.4 is 10.6 Å². The van der Waals surface area contributed by atoms with Crippen molar-refractivity contribution in [2.75, 3.05) is 17.6 Å². The summed E-state index contributed by atoms with van der Waals surface area (Å²) in [4.78, 5) is 13.1.